The molecule has 122 valence electrons. The van der Waals surface area contributed by atoms with E-state index in [1.807, 2.05) is 41.3 Å². The molecule has 0 bridgehead atoms. The Morgan fingerprint density at radius 1 is 1.26 bits per heavy atom. The van der Waals surface area contributed by atoms with Gasteiger partial charge in [0, 0.05) is 36.0 Å². The zero-order chi connectivity index (χ0) is 16.2. The van der Waals surface area contributed by atoms with Crippen molar-refractivity contribution in [1.82, 2.24) is 10.2 Å². The van der Waals surface area contributed by atoms with Crippen molar-refractivity contribution in [1.29, 1.82) is 0 Å². The third-order valence-corrected chi connectivity index (χ3v) is 5.68. The summed E-state index contributed by atoms with van der Waals surface area (Å²) >= 11 is 13.8. The summed E-state index contributed by atoms with van der Waals surface area (Å²) < 4.78 is 0.767. The Bertz CT molecular complexity index is 689. The van der Waals surface area contributed by atoms with Gasteiger partial charge in [-0.1, -0.05) is 41.4 Å². The first-order chi connectivity index (χ1) is 11.1. The van der Waals surface area contributed by atoms with Gasteiger partial charge in [0.25, 0.3) is 0 Å². The van der Waals surface area contributed by atoms with Crippen LogP contribution in [0.2, 0.25) is 9.36 Å². The van der Waals surface area contributed by atoms with Gasteiger partial charge in [-0.25, -0.2) is 0 Å². The molecule has 1 aromatic heterocycles. The van der Waals surface area contributed by atoms with Crippen molar-refractivity contribution in [3.05, 3.63) is 56.2 Å². The second-order valence-electron chi connectivity index (χ2n) is 5.53. The lowest BCUT2D eigenvalue weighted by Crippen LogP contribution is -2.48. The summed E-state index contributed by atoms with van der Waals surface area (Å²) in [5.41, 5.74) is 1.01. The number of benzene rings is 1. The van der Waals surface area contributed by atoms with Gasteiger partial charge in [-0.15, -0.1) is 11.3 Å². The number of rotatable bonds is 4. The first kappa shape index (κ1) is 16.8. The number of piperazine rings is 1. The molecule has 1 amide bonds. The quantitative estimate of drug-likeness (QED) is 0.878. The average molecular weight is 369 g/mol. The van der Waals surface area contributed by atoms with Gasteiger partial charge in [-0.3, -0.25) is 4.79 Å². The molecule has 1 aliphatic rings. The molecule has 3 nitrogen and oxygen atoms in total. The molecule has 2 heterocycles. The van der Waals surface area contributed by atoms with Gasteiger partial charge in [-0.05, 0) is 30.2 Å². The fourth-order valence-electron chi connectivity index (χ4n) is 2.89. The van der Waals surface area contributed by atoms with Gasteiger partial charge < -0.3 is 10.2 Å². The second-order valence-corrected chi connectivity index (χ2v) is 7.74. The number of nitrogens with one attached hydrogen (secondary N) is 1. The van der Waals surface area contributed by atoms with Crippen LogP contribution in [0.4, 0.5) is 0 Å². The lowest BCUT2D eigenvalue weighted by Gasteiger charge is -2.37. The minimum atomic E-state index is -0.00289. The number of hydrogen-bond donors (Lipinski definition) is 1. The predicted octanol–water partition coefficient (Wildman–Crippen LogP) is 4.16. The minimum Gasteiger partial charge on any atom is -0.333 e. The van der Waals surface area contributed by atoms with Gasteiger partial charge in [0.1, 0.15) is 0 Å². The standard InChI is InChI=1S/C17H18Cl2N2OS/c18-14-4-2-1-3-13(14)15-11-20-9-10-21(15)17(22)8-6-12-5-7-16(19)23-12/h1-5,7,15,20H,6,8-11H2. The van der Waals surface area contributed by atoms with Crippen LogP contribution in [0, 0.1) is 0 Å². The first-order valence-electron chi connectivity index (χ1n) is 7.64. The van der Waals surface area contributed by atoms with E-state index in [4.69, 9.17) is 23.2 Å². The maximum Gasteiger partial charge on any atom is 0.223 e. The zero-order valence-electron chi connectivity index (χ0n) is 12.6. The molecular formula is C17H18Cl2N2OS. The smallest absolute Gasteiger partial charge is 0.223 e. The van der Waals surface area contributed by atoms with Crippen LogP contribution in [0.1, 0.15) is 22.9 Å². The van der Waals surface area contributed by atoms with E-state index < -0.39 is 0 Å². The van der Waals surface area contributed by atoms with E-state index in [0.717, 1.165) is 34.3 Å². The van der Waals surface area contributed by atoms with Crippen molar-refractivity contribution in [2.24, 2.45) is 0 Å². The van der Waals surface area contributed by atoms with Crippen LogP contribution in [0.5, 0.6) is 0 Å². The Morgan fingerprint density at radius 2 is 2.09 bits per heavy atom. The number of halogens is 2. The monoisotopic (exact) mass is 368 g/mol. The Kier molecular flexibility index (Phi) is 5.59. The van der Waals surface area contributed by atoms with Crippen LogP contribution in [0.25, 0.3) is 0 Å². The fraction of sp³-hybridized carbons (Fsp3) is 0.353. The third-order valence-electron chi connectivity index (χ3n) is 4.04. The summed E-state index contributed by atoms with van der Waals surface area (Å²) in [5.74, 6) is 0.168. The van der Waals surface area contributed by atoms with Crippen molar-refractivity contribution >= 4 is 40.4 Å². The first-order valence-corrected chi connectivity index (χ1v) is 9.21. The number of hydrogen-bond acceptors (Lipinski definition) is 3. The largest absolute Gasteiger partial charge is 0.333 e. The molecule has 1 atom stereocenters. The summed E-state index contributed by atoms with van der Waals surface area (Å²) in [7, 11) is 0. The maximum absolute atomic E-state index is 12.7. The van der Waals surface area contributed by atoms with Gasteiger partial charge in [-0.2, -0.15) is 0 Å². The van der Waals surface area contributed by atoms with Crippen molar-refractivity contribution in [2.75, 3.05) is 19.6 Å². The summed E-state index contributed by atoms with van der Waals surface area (Å²) in [6.45, 7) is 2.26. The number of nitrogens with zero attached hydrogens (tertiary/aromatic N) is 1. The lowest BCUT2D eigenvalue weighted by molar-refractivity contribution is -0.134. The topological polar surface area (TPSA) is 32.3 Å². The molecule has 0 aliphatic carbocycles. The average Bonchev–Trinajstić information content (AvgIpc) is 2.99. The number of carbonyl (C=O) groups excluding carboxylic acids is 1. The van der Waals surface area contributed by atoms with E-state index >= 15 is 0 Å². The van der Waals surface area contributed by atoms with Crippen molar-refractivity contribution in [2.45, 2.75) is 18.9 Å². The molecule has 1 aromatic carbocycles. The van der Waals surface area contributed by atoms with E-state index in [0.29, 0.717) is 18.0 Å². The molecule has 23 heavy (non-hydrogen) atoms. The van der Waals surface area contributed by atoms with Crippen LogP contribution in [-0.2, 0) is 11.2 Å². The predicted molar refractivity (Wildman–Crippen MR) is 96.4 cm³/mol. The van der Waals surface area contributed by atoms with E-state index in [2.05, 4.69) is 5.32 Å². The number of thiophene rings is 1. The van der Waals surface area contributed by atoms with Crippen LogP contribution in [-0.4, -0.2) is 30.4 Å². The van der Waals surface area contributed by atoms with Gasteiger partial charge in [0.15, 0.2) is 0 Å². The highest BCUT2D eigenvalue weighted by Crippen LogP contribution is 2.29. The SMILES string of the molecule is O=C(CCc1ccc(Cl)s1)N1CCNCC1c1ccccc1Cl. The second kappa shape index (κ2) is 7.67. The van der Waals surface area contributed by atoms with Crippen molar-refractivity contribution in [3.63, 3.8) is 0 Å². The summed E-state index contributed by atoms with van der Waals surface area (Å²) in [5, 5.41) is 4.07. The lowest BCUT2D eigenvalue weighted by atomic mass is 10.0. The molecule has 1 unspecified atom stereocenters. The molecule has 0 saturated carbocycles. The number of aryl methyl sites for hydroxylation is 1. The van der Waals surface area contributed by atoms with Gasteiger partial charge >= 0.3 is 0 Å². The molecule has 6 heteroatoms. The van der Waals surface area contributed by atoms with Crippen LogP contribution < -0.4 is 5.32 Å². The van der Waals surface area contributed by atoms with Crippen LogP contribution in [0.3, 0.4) is 0 Å². The Labute approximate surface area is 150 Å². The normalized spacial score (nSPS) is 18.2. The molecule has 1 aliphatic heterocycles. The van der Waals surface area contributed by atoms with E-state index in [-0.39, 0.29) is 11.9 Å². The fourth-order valence-corrected chi connectivity index (χ4v) is 4.23. The summed E-state index contributed by atoms with van der Waals surface area (Å²) in [6.07, 6.45) is 1.23. The molecule has 2 aromatic rings. The third kappa shape index (κ3) is 4.07. The van der Waals surface area contributed by atoms with Crippen LogP contribution >= 0.6 is 34.5 Å². The van der Waals surface area contributed by atoms with E-state index in [9.17, 15) is 4.79 Å². The highest BCUT2D eigenvalue weighted by molar-refractivity contribution is 7.16. The number of carbonyl (C=O) groups is 1. The van der Waals surface area contributed by atoms with Gasteiger partial charge in [0.2, 0.25) is 5.91 Å². The Hall–Kier alpha value is -1.07. The van der Waals surface area contributed by atoms with Crippen LogP contribution in [0.15, 0.2) is 36.4 Å². The summed E-state index contributed by atoms with van der Waals surface area (Å²) in [6, 6.07) is 11.6. The highest BCUT2D eigenvalue weighted by Gasteiger charge is 2.28. The zero-order valence-corrected chi connectivity index (χ0v) is 14.9. The molecule has 3 rings (SSSR count). The van der Waals surface area contributed by atoms with E-state index in [1.165, 1.54) is 11.3 Å². The molecule has 0 radical (unpaired) electrons. The molecule has 1 N–H and O–H groups in total. The molecule has 0 spiro atoms. The molecule has 1 fully saturated rings. The summed E-state index contributed by atoms with van der Waals surface area (Å²) in [4.78, 5) is 15.8. The Balaban J connectivity index is 1.70. The van der Waals surface area contributed by atoms with Crippen molar-refractivity contribution in [3.8, 4) is 0 Å². The molecule has 1 saturated heterocycles. The number of amides is 1. The highest BCUT2D eigenvalue weighted by atomic mass is 35.5. The van der Waals surface area contributed by atoms with Gasteiger partial charge in [0.05, 0.1) is 10.4 Å². The molecular weight excluding hydrogens is 351 g/mol. The maximum atomic E-state index is 12.7. The van der Waals surface area contributed by atoms with Crippen molar-refractivity contribution < 1.29 is 4.79 Å². The minimum absolute atomic E-state index is 0.00289. The Morgan fingerprint density at radius 3 is 2.83 bits per heavy atom. The van der Waals surface area contributed by atoms with E-state index in [1.54, 1.807) is 0 Å².